The van der Waals surface area contributed by atoms with Gasteiger partial charge in [0.25, 0.3) is 0 Å². The summed E-state index contributed by atoms with van der Waals surface area (Å²) in [7, 11) is 0. The summed E-state index contributed by atoms with van der Waals surface area (Å²) < 4.78 is 0. The Balaban J connectivity index is 1.80. The highest BCUT2D eigenvalue weighted by Crippen LogP contribution is 2.26. The fourth-order valence-electron chi connectivity index (χ4n) is 3.14. The molecule has 0 aliphatic rings. The van der Waals surface area contributed by atoms with Crippen molar-refractivity contribution in [2.75, 3.05) is 0 Å². The first kappa shape index (κ1) is 18.3. The molecular weight excluding hydrogens is 366 g/mol. The number of hydrogen-bond acceptors (Lipinski definition) is 3. The van der Waals surface area contributed by atoms with E-state index in [0.29, 0.717) is 11.6 Å². The lowest BCUT2D eigenvalue weighted by Gasteiger charge is -2.08. The lowest BCUT2D eigenvalue weighted by atomic mass is 10.0. The average Bonchev–Trinajstić information content (AvgIpc) is 2.72. The summed E-state index contributed by atoms with van der Waals surface area (Å²) in [5, 5.41) is 2.51. The SMILES string of the molecule is CC/C=C\c1cc(-c2nc(Cl)nc(-c3ccc4ccccc4c3)n2)ccc1C. The van der Waals surface area contributed by atoms with Crippen LogP contribution in [0.2, 0.25) is 5.28 Å². The van der Waals surface area contributed by atoms with Crippen LogP contribution in [0.25, 0.3) is 39.6 Å². The normalized spacial score (nSPS) is 11.4. The number of aromatic nitrogens is 3. The lowest BCUT2D eigenvalue weighted by molar-refractivity contribution is 1.07. The Morgan fingerprint density at radius 3 is 2.25 bits per heavy atom. The predicted molar refractivity (Wildman–Crippen MR) is 117 cm³/mol. The van der Waals surface area contributed by atoms with Gasteiger partial charge in [-0.15, -0.1) is 0 Å². The molecule has 4 rings (SSSR count). The van der Waals surface area contributed by atoms with E-state index in [1.807, 2.05) is 24.3 Å². The highest BCUT2D eigenvalue weighted by Gasteiger charge is 2.11. The number of benzene rings is 3. The first-order chi connectivity index (χ1) is 13.6. The molecule has 0 N–H and O–H groups in total. The fraction of sp³-hybridized carbons (Fsp3) is 0.125. The molecule has 3 nitrogen and oxygen atoms in total. The summed E-state index contributed by atoms with van der Waals surface area (Å²) in [5.41, 5.74) is 4.21. The summed E-state index contributed by atoms with van der Waals surface area (Å²) in [4.78, 5) is 13.4. The lowest BCUT2D eigenvalue weighted by Crippen LogP contribution is -1.98. The van der Waals surface area contributed by atoms with E-state index in [9.17, 15) is 0 Å². The Labute approximate surface area is 169 Å². The van der Waals surface area contributed by atoms with Crippen LogP contribution in [-0.2, 0) is 0 Å². The van der Waals surface area contributed by atoms with Gasteiger partial charge in [-0.3, -0.25) is 0 Å². The van der Waals surface area contributed by atoms with E-state index in [4.69, 9.17) is 16.6 Å². The fourth-order valence-corrected chi connectivity index (χ4v) is 3.30. The van der Waals surface area contributed by atoms with Crippen molar-refractivity contribution in [1.29, 1.82) is 0 Å². The molecular formula is C24H20ClN3. The van der Waals surface area contributed by atoms with Crippen LogP contribution >= 0.6 is 11.6 Å². The molecule has 0 saturated heterocycles. The molecule has 138 valence electrons. The highest BCUT2D eigenvalue weighted by atomic mass is 35.5. The molecule has 0 aliphatic carbocycles. The monoisotopic (exact) mass is 385 g/mol. The number of aryl methyl sites for hydroxylation is 1. The second-order valence-electron chi connectivity index (χ2n) is 6.70. The van der Waals surface area contributed by atoms with Gasteiger partial charge in [0.1, 0.15) is 0 Å². The van der Waals surface area contributed by atoms with Gasteiger partial charge in [0, 0.05) is 11.1 Å². The molecule has 1 heterocycles. The van der Waals surface area contributed by atoms with Crippen molar-refractivity contribution in [3.8, 4) is 22.8 Å². The molecule has 1 aromatic heterocycles. The third-order valence-corrected chi connectivity index (χ3v) is 4.86. The number of allylic oxidation sites excluding steroid dienone is 1. The molecule has 0 unspecified atom stereocenters. The smallest absolute Gasteiger partial charge is 0.208 e. The first-order valence-electron chi connectivity index (χ1n) is 9.32. The van der Waals surface area contributed by atoms with Gasteiger partial charge in [0.15, 0.2) is 11.6 Å². The van der Waals surface area contributed by atoms with Gasteiger partial charge >= 0.3 is 0 Å². The average molecular weight is 386 g/mol. The predicted octanol–water partition coefficient (Wildman–Crippen LogP) is 6.74. The van der Waals surface area contributed by atoms with Crippen molar-refractivity contribution < 1.29 is 0 Å². The van der Waals surface area contributed by atoms with Crippen molar-refractivity contribution >= 4 is 28.4 Å². The van der Waals surface area contributed by atoms with Crippen LogP contribution in [0.5, 0.6) is 0 Å². The van der Waals surface area contributed by atoms with Gasteiger partial charge in [0.2, 0.25) is 5.28 Å². The van der Waals surface area contributed by atoms with Crippen molar-refractivity contribution in [3.63, 3.8) is 0 Å². The van der Waals surface area contributed by atoms with E-state index in [1.165, 1.54) is 10.9 Å². The second-order valence-corrected chi connectivity index (χ2v) is 7.03. The van der Waals surface area contributed by atoms with Gasteiger partial charge in [-0.1, -0.05) is 67.6 Å². The minimum Gasteiger partial charge on any atom is -0.208 e. The Kier molecular flexibility index (Phi) is 5.18. The van der Waals surface area contributed by atoms with Crippen molar-refractivity contribution in [2.45, 2.75) is 20.3 Å². The van der Waals surface area contributed by atoms with Crippen molar-refractivity contribution in [1.82, 2.24) is 15.0 Å². The Hall–Kier alpha value is -3.04. The zero-order valence-corrected chi connectivity index (χ0v) is 16.6. The highest BCUT2D eigenvalue weighted by molar-refractivity contribution is 6.28. The number of rotatable bonds is 4. The Bertz CT molecular complexity index is 1180. The van der Waals surface area contributed by atoms with E-state index in [2.05, 4.69) is 72.4 Å². The minimum atomic E-state index is 0.194. The van der Waals surface area contributed by atoms with E-state index < -0.39 is 0 Å². The van der Waals surface area contributed by atoms with Gasteiger partial charge in [-0.25, -0.2) is 4.98 Å². The minimum absolute atomic E-state index is 0.194. The standard InChI is InChI=1S/C24H20ClN3/c1-3-4-7-18-14-20(11-10-16(18)2)22-26-23(28-24(25)27-22)21-13-12-17-8-5-6-9-19(17)15-21/h4-15H,3H2,1-2H3/b7-4-. The topological polar surface area (TPSA) is 38.7 Å². The molecule has 0 fully saturated rings. The Morgan fingerprint density at radius 2 is 1.50 bits per heavy atom. The number of halogens is 1. The molecule has 28 heavy (non-hydrogen) atoms. The van der Waals surface area contributed by atoms with Gasteiger partial charge < -0.3 is 0 Å². The van der Waals surface area contributed by atoms with Gasteiger partial charge in [-0.2, -0.15) is 9.97 Å². The Morgan fingerprint density at radius 1 is 0.821 bits per heavy atom. The summed E-state index contributed by atoms with van der Waals surface area (Å²) in [6.45, 7) is 4.22. The van der Waals surface area contributed by atoms with Crippen LogP contribution in [0, 0.1) is 6.92 Å². The molecule has 0 radical (unpaired) electrons. The maximum Gasteiger partial charge on any atom is 0.226 e. The van der Waals surface area contributed by atoms with Gasteiger partial charge in [0.05, 0.1) is 0 Å². The number of hydrogen-bond donors (Lipinski definition) is 0. The molecule has 3 aromatic carbocycles. The summed E-state index contributed by atoms with van der Waals surface area (Å²) >= 11 is 6.25. The zero-order valence-electron chi connectivity index (χ0n) is 15.9. The first-order valence-corrected chi connectivity index (χ1v) is 9.70. The van der Waals surface area contributed by atoms with Gasteiger partial charge in [-0.05, 0) is 59.0 Å². The summed E-state index contributed by atoms with van der Waals surface area (Å²) in [6.07, 6.45) is 5.27. The van der Waals surface area contributed by atoms with E-state index in [1.54, 1.807) is 0 Å². The quantitative estimate of drug-likeness (QED) is 0.390. The van der Waals surface area contributed by atoms with Crippen LogP contribution in [0.1, 0.15) is 24.5 Å². The zero-order chi connectivity index (χ0) is 19.5. The molecule has 0 aliphatic heterocycles. The van der Waals surface area contributed by atoms with E-state index in [-0.39, 0.29) is 5.28 Å². The molecule has 4 heteroatoms. The van der Waals surface area contributed by atoms with Crippen LogP contribution in [0.3, 0.4) is 0 Å². The van der Waals surface area contributed by atoms with Crippen molar-refractivity contribution in [3.05, 3.63) is 83.2 Å². The molecule has 0 atom stereocenters. The third-order valence-electron chi connectivity index (χ3n) is 4.69. The van der Waals surface area contributed by atoms with E-state index in [0.717, 1.165) is 28.5 Å². The summed E-state index contributed by atoms with van der Waals surface area (Å²) in [5.74, 6) is 1.15. The molecule has 0 spiro atoms. The molecule has 0 amide bonds. The van der Waals surface area contributed by atoms with Crippen molar-refractivity contribution in [2.24, 2.45) is 0 Å². The molecule has 0 bridgehead atoms. The second kappa shape index (κ2) is 7.91. The van der Waals surface area contributed by atoms with Crippen LogP contribution in [0.4, 0.5) is 0 Å². The number of nitrogens with zero attached hydrogens (tertiary/aromatic N) is 3. The van der Waals surface area contributed by atoms with Crippen LogP contribution in [-0.4, -0.2) is 15.0 Å². The molecule has 4 aromatic rings. The maximum atomic E-state index is 6.25. The van der Waals surface area contributed by atoms with E-state index >= 15 is 0 Å². The third kappa shape index (κ3) is 3.80. The van der Waals surface area contributed by atoms with Crippen LogP contribution < -0.4 is 0 Å². The summed E-state index contributed by atoms with van der Waals surface area (Å²) in [6, 6.07) is 20.6. The molecule has 0 saturated carbocycles. The maximum absolute atomic E-state index is 6.25. The van der Waals surface area contributed by atoms with Crippen LogP contribution in [0.15, 0.2) is 66.7 Å². The largest absolute Gasteiger partial charge is 0.226 e. The number of fused-ring (bicyclic) bond motifs is 1.